The molecule has 0 aliphatic carbocycles. The summed E-state index contributed by atoms with van der Waals surface area (Å²) in [7, 11) is 0. The molecule has 0 saturated carbocycles. The minimum absolute atomic E-state index is 0.0276. The molecular formula is C28H25N3O2. The smallest absolute Gasteiger partial charge is 0.255 e. The lowest BCUT2D eigenvalue weighted by Gasteiger charge is -2.28. The van der Waals surface area contributed by atoms with E-state index in [1.165, 1.54) is 0 Å². The van der Waals surface area contributed by atoms with Gasteiger partial charge in [0.25, 0.3) is 5.91 Å². The highest BCUT2D eigenvalue weighted by Crippen LogP contribution is 2.45. The molecular weight excluding hydrogens is 410 g/mol. The number of H-pyrrole nitrogens is 1. The van der Waals surface area contributed by atoms with Crippen molar-refractivity contribution in [2.24, 2.45) is 0 Å². The van der Waals surface area contributed by atoms with Gasteiger partial charge in [-0.05, 0) is 36.1 Å². The van der Waals surface area contributed by atoms with Gasteiger partial charge in [-0.15, -0.1) is 0 Å². The summed E-state index contributed by atoms with van der Waals surface area (Å²) in [5.74, 6) is -0.0489. The Labute approximate surface area is 192 Å². The van der Waals surface area contributed by atoms with Crippen LogP contribution in [0, 0.1) is 0 Å². The number of nitrogens with one attached hydrogen (secondary N) is 1. The molecule has 1 unspecified atom stereocenters. The molecule has 164 valence electrons. The predicted octanol–water partition coefficient (Wildman–Crippen LogP) is 5.00. The number of aromatic nitrogens is 1. The van der Waals surface area contributed by atoms with Crippen molar-refractivity contribution in [3.05, 3.63) is 95.6 Å². The predicted molar refractivity (Wildman–Crippen MR) is 129 cm³/mol. The molecule has 2 aliphatic heterocycles. The van der Waals surface area contributed by atoms with Gasteiger partial charge >= 0.3 is 0 Å². The van der Waals surface area contributed by atoms with E-state index >= 15 is 0 Å². The number of hydrogen-bond donors (Lipinski definition) is 1. The van der Waals surface area contributed by atoms with E-state index in [9.17, 15) is 9.59 Å². The van der Waals surface area contributed by atoms with Crippen LogP contribution in [0.25, 0.3) is 22.2 Å². The number of para-hydroxylation sites is 1. The minimum Gasteiger partial charge on any atom is -0.354 e. The molecule has 5 heteroatoms. The molecule has 5 nitrogen and oxygen atoms in total. The third-order valence-corrected chi connectivity index (χ3v) is 6.90. The minimum atomic E-state index is -0.327. The highest BCUT2D eigenvalue weighted by Gasteiger charge is 2.41. The maximum absolute atomic E-state index is 13.6. The molecule has 3 heterocycles. The number of carbonyl (C=O) groups excluding carboxylic acids is 2. The SMILES string of the molecule is O=C(CN1C(=O)c2ccccc2C1c1c(-c2ccccc2)[nH]c2ccccc12)N1CCCC1. The Balaban J connectivity index is 1.54. The largest absolute Gasteiger partial charge is 0.354 e. The quantitative estimate of drug-likeness (QED) is 0.490. The van der Waals surface area contributed by atoms with Crippen molar-refractivity contribution < 1.29 is 9.59 Å². The molecule has 4 aromatic rings. The lowest BCUT2D eigenvalue weighted by molar-refractivity contribution is -0.131. The van der Waals surface area contributed by atoms with Crippen molar-refractivity contribution in [3.8, 4) is 11.3 Å². The number of benzene rings is 3. The Morgan fingerprint density at radius 3 is 2.39 bits per heavy atom. The molecule has 0 bridgehead atoms. The number of hydrogen-bond acceptors (Lipinski definition) is 2. The van der Waals surface area contributed by atoms with Crippen LogP contribution in [0.15, 0.2) is 78.9 Å². The van der Waals surface area contributed by atoms with Crippen LogP contribution in [-0.2, 0) is 4.79 Å². The van der Waals surface area contributed by atoms with Crippen molar-refractivity contribution in [2.45, 2.75) is 18.9 Å². The fourth-order valence-electron chi connectivity index (χ4n) is 5.34. The van der Waals surface area contributed by atoms with Crippen LogP contribution in [0.5, 0.6) is 0 Å². The number of rotatable bonds is 4. The first-order chi connectivity index (χ1) is 16.2. The number of likely N-dealkylation sites (tertiary alicyclic amines) is 1. The van der Waals surface area contributed by atoms with Gasteiger partial charge in [0.05, 0.1) is 11.7 Å². The Morgan fingerprint density at radius 1 is 0.879 bits per heavy atom. The lowest BCUT2D eigenvalue weighted by Crippen LogP contribution is -2.41. The second-order valence-corrected chi connectivity index (χ2v) is 8.84. The molecule has 0 spiro atoms. The molecule has 2 aliphatic rings. The van der Waals surface area contributed by atoms with E-state index in [0.29, 0.717) is 5.56 Å². The van der Waals surface area contributed by atoms with Gasteiger partial charge in [-0.3, -0.25) is 9.59 Å². The molecule has 0 radical (unpaired) electrons. The second kappa shape index (κ2) is 7.93. The van der Waals surface area contributed by atoms with Crippen LogP contribution in [-0.4, -0.2) is 46.2 Å². The molecule has 1 aromatic heterocycles. The van der Waals surface area contributed by atoms with E-state index in [2.05, 4.69) is 29.2 Å². The molecule has 6 rings (SSSR count). The summed E-state index contributed by atoms with van der Waals surface area (Å²) in [4.78, 5) is 34.0. The number of fused-ring (bicyclic) bond motifs is 2. The topological polar surface area (TPSA) is 56.4 Å². The fraction of sp³-hybridized carbons (Fsp3) is 0.214. The van der Waals surface area contributed by atoms with Crippen molar-refractivity contribution in [3.63, 3.8) is 0 Å². The van der Waals surface area contributed by atoms with E-state index in [1.807, 2.05) is 59.5 Å². The Morgan fingerprint density at radius 2 is 1.58 bits per heavy atom. The standard InChI is InChI=1S/C28H25N3O2/c32-24(30-16-8-9-17-30)18-31-27(20-12-4-5-13-21(20)28(31)33)25-22-14-6-7-15-23(22)29-26(25)19-10-2-1-3-11-19/h1-7,10-15,27,29H,8-9,16-18H2. The van der Waals surface area contributed by atoms with Gasteiger partial charge in [0, 0.05) is 35.1 Å². The summed E-state index contributed by atoms with van der Waals surface area (Å²) in [5, 5.41) is 1.07. The fourth-order valence-corrected chi connectivity index (χ4v) is 5.34. The Hall–Kier alpha value is -3.86. The van der Waals surface area contributed by atoms with Gasteiger partial charge in [0.15, 0.2) is 0 Å². The molecule has 1 N–H and O–H groups in total. The summed E-state index contributed by atoms with van der Waals surface area (Å²) < 4.78 is 0. The average molecular weight is 436 g/mol. The Kier molecular flexibility index (Phi) is 4.75. The van der Waals surface area contributed by atoms with Crippen LogP contribution in [0.2, 0.25) is 0 Å². The maximum atomic E-state index is 13.6. The van der Waals surface area contributed by atoms with Crippen molar-refractivity contribution in [2.75, 3.05) is 19.6 Å². The molecule has 3 aromatic carbocycles. The zero-order valence-electron chi connectivity index (χ0n) is 18.3. The van der Waals surface area contributed by atoms with E-state index in [4.69, 9.17) is 0 Å². The summed E-state index contributed by atoms with van der Waals surface area (Å²) in [6.07, 6.45) is 2.06. The van der Waals surface area contributed by atoms with Crippen LogP contribution in [0.3, 0.4) is 0 Å². The van der Waals surface area contributed by atoms with Crippen molar-refractivity contribution >= 4 is 22.7 Å². The molecule has 1 atom stereocenters. The number of nitrogens with zero attached hydrogens (tertiary/aromatic N) is 2. The Bertz CT molecular complexity index is 1350. The summed E-state index contributed by atoms with van der Waals surface area (Å²) >= 11 is 0. The van der Waals surface area contributed by atoms with Crippen molar-refractivity contribution in [1.29, 1.82) is 0 Å². The summed E-state index contributed by atoms with van der Waals surface area (Å²) in [6, 6.07) is 25.8. The first-order valence-electron chi connectivity index (χ1n) is 11.6. The number of aromatic amines is 1. The van der Waals surface area contributed by atoms with Gasteiger partial charge in [0.2, 0.25) is 5.91 Å². The normalized spacial score (nSPS) is 17.7. The third kappa shape index (κ3) is 3.23. The van der Waals surface area contributed by atoms with Gasteiger partial charge < -0.3 is 14.8 Å². The number of amides is 2. The van der Waals surface area contributed by atoms with E-state index in [0.717, 1.165) is 59.2 Å². The zero-order chi connectivity index (χ0) is 22.4. The average Bonchev–Trinajstić information content (AvgIpc) is 3.58. The molecule has 33 heavy (non-hydrogen) atoms. The molecule has 2 amide bonds. The van der Waals surface area contributed by atoms with E-state index in [-0.39, 0.29) is 24.4 Å². The molecule has 1 saturated heterocycles. The van der Waals surface area contributed by atoms with E-state index < -0.39 is 0 Å². The third-order valence-electron chi connectivity index (χ3n) is 6.90. The van der Waals surface area contributed by atoms with Gasteiger partial charge in [-0.2, -0.15) is 0 Å². The molecule has 1 fully saturated rings. The maximum Gasteiger partial charge on any atom is 0.255 e. The van der Waals surface area contributed by atoms with Gasteiger partial charge in [-0.25, -0.2) is 0 Å². The summed E-state index contributed by atoms with van der Waals surface area (Å²) in [5.41, 5.74) is 5.76. The van der Waals surface area contributed by atoms with E-state index in [1.54, 1.807) is 4.90 Å². The van der Waals surface area contributed by atoms with Crippen LogP contribution >= 0.6 is 0 Å². The lowest BCUT2D eigenvalue weighted by atomic mass is 9.93. The second-order valence-electron chi connectivity index (χ2n) is 8.84. The first-order valence-corrected chi connectivity index (χ1v) is 11.6. The van der Waals surface area contributed by atoms with Crippen LogP contribution in [0.1, 0.15) is 40.4 Å². The highest BCUT2D eigenvalue weighted by molar-refractivity contribution is 6.03. The zero-order valence-corrected chi connectivity index (χ0v) is 18.3. The highest BCUT2D eigenvalue weighted by atomic mass is 16.2. The number of carbonyl (C=O) groups is 2. The first kappa shape index (κ1) is 19.8. The van der Waals surface area contributed by atoms with Crippen LogP contribution in [0.4, 0.5) is 0 Å². The van der Waals surface area contributed by atoms with Crippen LogP contribution < -0.4 is 0 Å². The summed E-state index contributed by atoms with van der Waals surface area (Å²) in [6.45, 7) is 1.65. The van der Waals surface area contributed by atoms with Crippen molar-refractivity contribution in [1.82, 2.24) is 14.8 Å². The van der Waals surface area contributed by atoms with Gasteiger partial charge in [-0.1, -0.05) is 66.7 Å². The monoisotopic (exact) mass is 435 g/mol. The van der Waals surface area contributed by atoms with Gasteiger partial charge in [0.1, 0.15) is 6.54 Å².